The maximum absolute atomic E-state index is 13.7. The van der Waals surface area contributed by atoms with Gasteiger partial charge in [0.05, 0.1) is 13.3 Å². The van der Waals surface area contributed by atoms with E-state index in [0.717, 1.165) is 5.56 Å². The monoisotopic (exact) mass is 278 g/mol. The predicted molar refractivity (Wildman–Crippen MR) is 72.7 cm³/mol. The van der Waals surface area contributed by atoms with Gasteiger partial charge in [-0.2, -0.15) is 0 Å². The molecule has 0 bridgehead atoms. The molecule has 3 nitrogen and oxygen atoms in total. The molecule has 0 fully saturated rings. The minimum absolute atomic E-state index is 0.0608. The Morgan fingerprint density at radius 1 is 1.25 bits per heavy atom. The Morgan fingerprint density at radius 2 is 1.95 bits per heavy atom. The molecule has 1 aromatic heterocycles. The first-order valence-corrected chi connectivity index (χ1v) is 6.25. The van der Waals surface area contributed by atoms with E-state index in [4.69, 9.17) is 4.74 Å². The van der Waals surface area contributed by atoms with Gasteiger partial charge in [0.2, 0.25) is 0 Å². The third-order valence-electron chi connectivity index (χ3n) is 3.23. The molecule has 0 saturated carbocycles. The van der Waals surface area contributed by atoms with Crippen molar-refractivity contribution in [2.45, 2.75) is 12.5 Å². The summed E-state index contributed by atoms with van der Waals surface area (Å²) >= 11 is 0. The first kappa shape index (κ1) is 14.4. The van der Waals surface area contributed by atoms with Crippen LogP contribution in [-0.2, 0) is 6.42 Å². The average Bonchev–Trinajstić information content (AvgIpc) is 2.47. The highest BCUT2D eigenvalue weighted by Crippen LogP contribution is 2.27. The van der Waals surface area contributed by atoms with E-state index in [1.165, 1.54) is 25.3 Å². The Hall–Kier alpha value is -2.01. The van der Waals surface area contributed by atoms with Crippen LogP contribution in [0.2, 0.25) is 0 Å². The Balaban J connectivity index is 2.34. The number of nitrogens with one attached hydrogen (secondary N) is 1. The molecule has 2 rings (SSSR count). The summed E-state index contributed by atoms with van der Waals surface area (Å²) in [6.45, 7) is 0. The van der Waals surface area contributed by atoms with Crippen molar-refractivity contribution in [2.24, 2.45) is 0 Å². The van der Waals surface area contributed by atoms with Crippen molar-refractivity contribution in [1.29, 1.82) is 0 Å². The van der Waals surface area contributed by atoms with Crippen LogP contribution < -0.4 is 10.1 Å². The largest absolute Gasteiger partial charge is 0.495 e. The van der Waals surface area contributed by atoms with Crippen LogP contribution in [0.25, 0.3) is 0 Å². The van der Waals surface area contributed by atoms with Gasteiger partial charge in [0.15, 0.2) is 0 Å². The van der Waals surface area contributed by atoms with Crippen molar-refractivity contribution in [3.63, 3.8) is 0 Å². The van der Waals surface area contributed by atoms with E-state index in [0.29, 0.717) is 5.75 Å². The first-order valence-electron chi connectivity index (χ1n) is 6.25. The fourth-order valence-corrected chi connectivity index (χ4v) is 2.15. The molecule has 0 radical (unpaired) electrons. The zero-order valence-electron chi connectivity index (χ0n) is 11.4. The second-order valence-electron chi connectivity index (χ2n) is 4.36. The second-order valence-corrected chi connectivity index (χ2v) is 4.36. The van der Waals surface area contributed by atoms with Gasteiger partial charge in [-0.3, -0.25) is 4.98 Å². The molecule has 0 spiro atoms. The van der Waals surface area contributed by atoms with Gasteiger partial charge in [0.25, 0.3) is 0 Å². The molecule has 0 aliphatic rings. The maximum atomic E-state index is 13.7. The summed E-state index contributed by atoms with van der Waals surface area (Å²) in [5.74, 6) is -0.500. The first-order chi connectivity index (χ1) is 9.67. The zero-order chi connectivity index (χ0) is 14.5. The summed E-state index contributed by atoms with van der Waals surface area (Å²) < 4.78 is 32.7. The molecule has 0 aliphatic heterocycles. The highest BCUT2D eigenvalue weighted by molar-refractivity contribution is 5.34. The molecule has 1 unspecified atom stereocenters. The third kappa shape index (κ3) is 2.93. The number of hydrogen-bond acceptors (Lipinski definition) is 3. The number of halogens is 2. The minimum atomic E-state index is -0.543. The van der Waals surface area contributed by atoms with Gasteiger partial charge in [-0.1, -0.05) is 6.07 Å². The number of likely N-dealkylation sites (N-methyl/N-ethyl adjacent to an activating group) is 1. The molecule has 1 aromatic carbocycles. The number of benzene rings is 1. The third-order valence-corrected chi connectivity index (χ3v) is 3.23. The van der Waals surface area contributed by atoms with E-state index in [1.807, 2.05) is 0 Å². The van der Waals surface area contributed by atoms with Crippen LogP contribution in [-0.4, -0.2) is 19.1 Å². The summed E-state index contributed by atoms with van der Waals surface area (Å²) in [4.78, 5) is 3.97. The topological polar surface area (TPSA) is 34.2 Å². The molecule has 0 aliphatic carbocycles. The van der Waals surface area contributed by atoms with Crippen molar-refractivity contribution in [3.8, 4) is 5.75 Å². The van der Waals surface area contributed by atoms with Crippen LogP contribution in [0.4, 0.5) is 8.78 Å². The van der Waals surface area contributed by atoms with Gasteiger partial charge in [0.1, 0.15) is 17.4 Å². The number of rotatable bonds is 5. The summed E-state index contributed by atoms with van der Waals surface area (Å²) in [6.07, 6.45) is 3.40. The lowest BCUT2D eigenvalue weighted by Crippen LogP contribution is -2.20. The lowest BCUT2D eigenvalue weighted by atomic mass is 9.98. The molecule has 0 saturated heterocycles. The number of methoxy groups -OCH3 is 1. The molecule has 0 amide bonds. The zero-order valence-corrected chi connectivity index (χ0v) is 11.4. The lowest BCUT2D eigenvalue weighted by Gasteiger charge is -2.19. The van der Waals surface area contributed by atoms with E-state index in [2.05, 4.69) is 10.3 Å². The second kappa shape index (κ2) is 6.43. The van der Waals surface area contributed by atoms with Gasteiger partial charge in [-0.15, -0.1) is 0 Å². The molecule has 20 heavy (non-hydrogen) atoms. The molecular weight excluding hydrogens is 262 g/mol. The predicted octanol–water partition coefficient (Wildman–Crippen LogP) is 2.87. The van der Waals surface area contributed by atoms with Gasteiger partial charge in [0, 0.05) is 23.4 Å². The fraction of sp³-hybridized carbons (Fsp3) is 0.267. The quantitative estimate of drug-likeness (QED) is 0.913. The maximum Gasteiger partial charge on any atom is 0.141 e. The minimum Gasteiger partial charge on any atom is -0.495 e. The fourth-order valence-electron chi connectivity index (χ4n) is 2.15. The van der Waals surface area contributed by atoms with Gasteiger partial charge in [-0.25, -0.2) is 8.78 Å². The Kier molecular flexibility index (Phi) is 4.63. The van der Waals surface area contributed by atoms with Crippen LogP contribution >= 0.6 is 0 Å². The van der Waals surface area contributed by atoms with E-state index < -0.39 is 11.6 Å². The summed E-state index contributed by atoms with van der Waals surface area (Å²) in [5, 5.41) is 3.05. The molecule has 1 atom stereocenters. The summed E-state index contributed by atoms with van der Waals surface area (Å²) in [7, 11) is 3.28. The molecule has 5 heteroatoms. The Morgan fingerprint density at radius 3 is 2.55 bits per heavy atom. The Bertz CT molecular complexity index is 570. The van der Waals surface area contributed by atoms with Crippen molar-refractivity contribution < 1.29 is 13.5 Å². The standard InChI is InChI=1S/C15H16F2N2O/c1-18-14(10-6-7-19-9-15(10)20-2)8-11-12(16)4-3-5-13(11)17/h3-7,9,14,18H,8H2,1-2H3. The number of pyridine rings is 1. The van der Waals surface area contributed by atoms with Crippen LogP contribution in [0.15, 0.2) is 36.7 Å². The van der Waals surface area contributed by atoms with Crippen LogP contribution in [0.3, 0.4) is 0 Å². The van der Waals surface area contributed by atoms with Gasteiger partial charge in [-0.05, 0) is 31.7 Å². The van der Waals surface area contributed by atoms with Crippen molar-refractivity contribution in [3.05, 3.63) is 59.4 Å². The lowest BCUT2D eigenvalue weighted by molar-refractivity contribution is 0.397. The molecular formula is C15H16F2N2O. The van der Waals surface area contributed by atoms with E-state index in [1.54, 1.807) is 25.5 Å². The normalized spacial score (nSPS) is 12.2. The van der Waals surface area contributed by atoms with Crippen LogP contribution in [0, 0.1) is 11.6 Å². The average molecular weight is 278 g/mol. The van der Waals surface area contributed by atoms with Crippen molar-refractivity contribution in [1.82, 2.24) is 10.3 Å². The molecule has 1 N–H and O–H groups in total. The molecule has 2 aromatic rings. The van der Waals surface area contributed by atoms with Crippen molar-refractivity contribution >= 4 is 0 Å². The summed E-state index contributed by atoms with van der Waals surface area (Å²) in [6, 6.07) is 5.39. The van der Waals surface area contributed by atoms with E-state index >= 15 is 0 Å². The van der Waals surface area contributed by atoms with Gasteiger partial charge >= 0.3 is 0 Å². The van der Waals surface area contributed by atoms with Gasteiger partial charge < -0.3 is 10.1 Å². The highest BCUT2D eigenvalue weighted by atomic mass is 19.1. The van der Waals surface area contributed by atoms with E-state index in [-0.39, 0.29) is 18.0 Å². The van der Waals surface area contributed by atoms with Crippen LogP contribution in [0.5, 0.6) is 5.75 Å². The Labute approximate surface area is 116 Å². The number of nitrogens with zero attached hydrogens (tertiary/aromatic N) is 1. The SMILES string of the molecule is CNC(Cc1c(F)cccc1F)c1ccncc1OC. The molecule has 106 valence electrons. The summed E-state index contributed by atoms with van der Waals surface area (Å²) in [5.41, 5.74) is 0.873. The van der Waals surface area contributed by atoms with Crippen LogP contribution in [0.1, 0.15) is 17.2 Å². The number of hydrogen-bond donors (Lipinski definition) is 1. The van der Waals surface area contributed by atoms with Crippen molar-refractivity contribution in [2.75, 3.05) is 14.2 Å². The number of ether oxygens (including phenoxy) is 1. The molecule has 1 heterocycles. The van der Waals surface area contributed by atoms with E-state index in [9.17, 15) is 8.78 Å². The smallest absolute Gasteiger partial charge is 0.141 e. The number of aromatic nitrogens is 1. The highest BCUT2D eigenvalue weighted by Gasteiger charge is 2.19.